The molecule has 154 valence electrons. The van der Waals surface area contributed by atoms with Crippen LogP contribution in [0.3, 0.4) is 0 Å². The Morgan fingerprint density at radius 3 is 2.11 bits per heavy atom. The van der Waals surface area contributed by atoms with Crippen LogP contribution in [0.25, 0.3) is 0 Å². The zero-order valence-electron chi connectivity index (χ0n) is 16.3. The molecule has 1 atom stereocenters. The number of hydrogen-bond acceptors (Lipinski definition) is 4. The van der Waals surface area contributed by atoms with Crippen LogP contribution in [0.4, 0.5) is 13.2 Å². The highest BCUT2D eigenvalue weighted by Gasteiger charge is 2.35. The fraction of sp³-hybridized carbons (Fsp3) is 0.500. The first-order valence-electron chi connectivity index (χ1n) is 9.10. The van der Waals surface area contributed by atoms with Crippen LogP contribution in [0, 0.1) is 11.3 Å². The van der Waals surface area contributed by atoms with E-state index in [1.54, 1.807) is 0 Å². The maximum Gasteiger partial charge on any atom is 0.394 e. The van der Waals surface area contributed by atoms with Crippen molar-refractivity contribution < 1.29 is 18.0 Å². The molecular formula is C20H27F3N4O. The molecular weight excluding hydrogens is 369 g/mol. The second-order valence-corrected chi connectivity index (χ2v) is 8.25. The van der Waals surface area contributed by atoms with Gasteiger partial charge in [-0.25, -0.2) is 0 Å². The van der Waals surface area contributed by atoms with Crippen LogP contribution in [0.2, 0.25) is 0 Å². The van der Waals surface area contributed by atoms with Gasteiger partial charge in [-0.2, -0.15) is 13.2 Å². The minimum Gasteiger partial charge on any atom is -0.385 e. The monoisotopic (exact) mass is 396 g/mol. The Hall–Kier alpha value is -2.51. The molecule has 1 aliphatic carbocycles. The van der Waals surface area contributed by atoms with Crippen molar-refractivity contribution in [1.29, 1.82) is 5.41 Å². The Labute approximate surface area is 162 Å². The number of nitrogens with two attached hydrogens (primary N) is 2. The van der Waals surface area contributed by atoms with E-state index in [1.165, 1.54) is 0 Å². The van der Waals surface area contributed by atoms with Gasteiger partial charge in [0.15, 0.2) is 0 Å². The van der Waals surface area contributed by atoms with E-state index in [0.29, 0.717) is 0 Å². The van der Waals surface area contributed by atoms with Crippen LogP contribution < -0.4 is 16.8 Å². The molecule has 1 saturated carbocycles. The Bertz CT molecular complexity index is 772. The predicted molar refractivity (Wildman–Crippen MR) is 103 cm³/mol. The smallest absolute Gasteiger partial charge is 0.385 e. The summed E-state index contributed by atoms with van der Waals surface area (Å²) in [5, 5.41) is 10.6. The van der Waals surface area contributed by atoms with E-state index < -0.39 is 29.8 Å². The molecule has 5 nitrogen and oxygen atoms in total. The average molecular weight is 396 g/mol. The Morgan fingerprint density at radius 1 is 1.18 bits per heavy atom. The summed E-state index contributed by atoms with van der Waals surface area (Å²) < 4.78 is 37.8. The summed E-state index contributed by atoms with van der Waals surface area (Å²) in [5.41, 5.74) is 11.6. The summed E-state index contributed by atoms with van der Waals surface area (Å²) in [6, 6.07) is 7.66. The van der Waals surface area contributed by atoms with E-state index in [4.69, 9.17) is 16.9 Å². The summed E-state index contributed by atoms with van der Waals surface area (Å²) in [6.45, 7) is 6.31. The highest BCUT2D eigenvalue weighted by atomic mass is 19.4. The SMILES string of the molecule is CC(C)(C)c1ccc(C(N/C(N)=C(\C(=N)CC(F)(F)F)C(N)=O)C2CC2)cc1. The number of rotatable bonds is 7. The molecule has 0 saturated heterocycles. The second kappa shape index (κ2) is 7.85. The topological polar surface area (TPSA) is 105 Å². The van der Waals surface area contributed by atoms with E-state index in [2.05, 4.69) is 26.1 Å². The van der Waals surface area contributed by atoms with E-state index in [0.717, 1.165) is 24.0 Å². The number of carbonyl (C=O) groups excluding carboxylic acids is 1. The maximum atomic E-state index is 12.6. The van der Waals surface area contributed by atoms with Gasteiger partial charge in [-0.1, -0.05) is 45.0 Å². The van der Waals surface area contributed by atoms with E-state index in [-0.39, 0.29) is 23.2 Å². The molecule has 2 rings (SSSR count). The molecule has 0 radical (unpaired) electrons. The Balaban J connectivity index is 2.30. The minimum absolute atomic E-state index is 0.00815. The van der Waals surface area contributed by atoms with Crippen LogP contribution in [0.5, 0.6) is 0 Å². The lowest BCUT2D eigenvalue weighted by molar-refractivity contribution is -0.121. The van der Waals surface area contributed by atoms with Gasteiger partial charge >= 0.3 is 6.18 Å². The van der Waals surface area contributed by atoms with Crippen molar-refractivity contribution in [2.75, 3.05) is 0 Å². The van der Waals surface area contributed by atoms with Crippen LogP contribution in [0.1, 0.15) is 57.2 Å². The van der Waals surface area contributed by atoms with Crippen LogP contribution in [0.15, 0.2) is 35.7 Å². The summed E-state index contributed by atoms with van der Waals surface area (Å²) >= 11 is 0. The molecule has 1 amide bonds. The average Bonchev–Trinajstić information content (AvgIpc) is 3.34. The number of amides is 1. The van der Waals surface area contributed by atoms with E-state index >= 15 is 0 Å². The zero-order valence-corrected chi connectivity index (χ0v) is 16.3. The predicted octanol–water partition coefficient (Wildman–Crippen LogP) is 3.65. The first kappa shape index (κ1) is 21.8. The lowest BCUT2D eigenvalue weighted by Crippen LogP contribution is -2.35. The molecule has 0 bridgehead atoms. The van der Waals surface area contributed by atoms with Crippen molar-refractivity contribution in [3.8, 4) is 0 Å². The summed E-state index contributed by atoms with van der Waals surface area (Å²) in [6.07, 6.45) is -4.31. The number of primary amides is 1. The van der Waals surface area contributed by atoms with E-state index in [9.17, 15) is 18.0 Å². The largest absolute Gasteiger partial charge is 0.394 e. The molecule has 0 heterocycles. The molecule has 8 heteroatoms. The van der Waals surface area contributed by atoms with Crippen LogP contribution in [-0.4, -0.2) is 17.8 Å². The lowest BCUT2D eigenvalue weighted by Gasteiger charge is -2.24. The third-order valence-electron chi connectivity index (χ3n) is 4.73. The van der Waals surface area contributed by atoms with Crippen molar-refractivity contribution in [3.05, 3.63) is 46.8 Å². The van der Waals surface area contributed by atoms with Crippen molar-refractivity contribution in [3.63, 3.8) is 0 Å². The van der Waals surface area contributed by atoms with Gasteiger partial charge in [-0.05, 0) is 35.3 Å². The van der Waals surface area contributed by atoms with Gasteiger partial charge in [0.25, 0.3) is 5.91 Å². The molecule has 28 heavy (non-hydrogen) atoms. The normalized spacial score (nSPS) is 16.9. The van der Waals surface area contributed by atoms with Crippen molar-refractivity contribution in [1.82, 2.24) is 5.32 Å². The third kappa shape index (κ3) is 5.74. The van der Waals surface area contributed by atoms with Gasteiger partial charge in [0.1, 0.15) is 5.82 Å². The number of hydrogen-bond donors (Lipinski definition) is 4. The minimum atomic E-state index is -4.63. The Kier molecular flexibility index (Phi) is 6.11. The summed E-state index contributed by atoms with van der Waals surface area (Å²) in [5.74, 6) is -1.19. The summed E-state index contributed by atoms with van der Waals surface area (Å²) in [7, 11) is 0. The highest BCUT2D eigenvalue weighted by molar-refractivity contribution is 6.20. The molecule has 1 aromatic carbocycles. The zero-order chi connectivity index (χ0) is 21.3. The van der Waals surface area contributed by atoms with Crippen molar-refractivity contribution in [2.45, 2.75) is 57.7 Å². The third-order valence-corrected chi connectivity index (χ3v) is 4.73. The molecule has 1 aromatic rings. The van der Waals surface area contributed by atoms with Crippen LogP contribution >= 0.6 is 0 Å². The van der Waals surface area contributed by atoms with Gasteiger partial charge in [0.2, 0.25) is 0 Å². The van der Waals surface area contributed by atoms with Gasteiger partial charge in [0.05, 0.1) is 23.7 Å². The highest BCUT2D eigenvalue weighted by Crippen LogP contribution is 2.41. The van der Waals surface area contributed by atoms with E-state index in [1.807, 2.05) is 24.3 Å². The van der Waals surface area contributed by atoms with Gasteiger partial charge < -0.3 is 22.2 Å². The fourth-order valence-corrected chi connectivity index (χ4v) is 3.07. The number of benzene rings is 1. The van der Waals surface area contributed by atoms with Gasteiger partial charge in [-0.15, -0.1) is 0 Å². The number of alkyl halides is 3. The molecule has 1 unspecified atom stereocenters. The molecule has 1 aliphatic rings. The van der Waals surface area contributed by atoms with Crippen molar-refractivity contribution >= 4 is 11.6 Å². The standard InChI is InChI=1S/C20H27F3N4O/c1-19(2,3)13-8-6-12(7-9-13)16(11-4-5-11)27-17(25)15(18(26)28)14(24)10-20(21,22)23/h6-9,11,16,24,27H,4-5,10,25H2,1-3H3,(H2,26,28)/b17-15+,24-14?. The van der Waals surface area contributed by atoms with Gasteiger partial charge in [-0.3, -0.25) is 4.79 Å². The molecule has 6 N–H and O–H groups in total. The maximum absolute atomic E-state index is 12.6. The fourth-order valence-electron chi connectivity index (χ4n) is 3.07. The first-order valence-corrected chi connectivity index (χ1v) is 9.10. The Morgan fingerprint density at radius 2 is 1.71 bits per heavy atom. The summed E-state index contributed by atoms with van der Waals surface area (Å²) in [4.78, 5) is 11.7. The lowest BCUT2D eigenvalue weighted by atomic mass is 9.86. The molecule has 0 spiro atoms. The molecule has 1 fully saturated rings. The first-order chi connectivity index (χ1) is 12.8. The quantitative estimate of drug-likeness (QED) is 0.418. The molecule has 0 aromatic heterocycles. The van der Waals surface area contributed by atoms with Gasteiger partial charge in [0, 0.05) is 0 Å². The number of nitrogens with one attached hydrogen (secondary N) is 2. The van der Waals surface area contributed by atoms with Crippen molar-refractivity contribution in [2.24, 2.45) is 17.4 Å². The number of carbonyl (C=O) groups is 1. The molecule has 0 aliphatic heterocycles. The number of halogens is 3. The second-order valence-electron chi connectivity index (χ2n) is 8.25. The van der Waals surface area contributed by atoms with Crippen LogP contribution in [-0.2, 0) is 10.2 Å².